The average molecular weight is 332 g/mol. The molecule has 0 spiro atoms. The van der Waals surface area contributed by atoms with Gasteiger partial charge >= 0.3 is 5.97 Å². The van der Waals surface area contributed by atoms with E-state index in [0.29, 0.717) is 12.2 Å². The Balaban J connectivity index is 1.67. The third kappa shape index (κ3) is 2.89. The first-order valence-electron chi connectivity index (χ1n) is 7.96. The summed E-state index contributed by atoms with van der Waals surface area (Å²) < 4.78 is 0. The van der Waals surface area contributed by atoms with Gasteiger partial charge in [-0.3, -0.25) is 0 Å². The molecule has 0 unspecified atom stereocenters. The minimum atomic E-state index is -0.923. The first kappa shape index (κ1) is 15.1. The van der Waals surface area contributed by atoms with Crippen molar-refractivity contribution in [2.45, 2.75) is 12.5 Å². The van der Waals surface area contributed by atoms with Gasteiger partial charge < -0.3 is 15.4 Å². The number of aliphatic carboxylic acids is 1. The number of benzene rings is 2. The van der Waals surface area contributed by atoms with Crippen LogP contribution in [0, 0.1) is 0 Å². The number of carbonyl (C=O) groups is 1. The van der Waals surface area contributed by atoms with E-state index in [1.165, 1.54) is 6.33 Å². The number of aromatic nitrogens is 3. The molecule has 25 heavy (non-hydrogen) atoms. The second-order valence-electron chi connectivity index (χ2n) is 5.84. The predicted octanol–water partition coefficient (Wildman–Crippen LogP) is 3.22. The third-order valence-electron chi connectivity index (χ3n) is 4.25. The highest BCUT2D eigenvalue weighted by atomic mass is 16.4. The smallest absolute Gasteiger partial charge is 0.326 e. The van der Waals surface area contributed by atoms with Gasteiger partial charge in [0.05, 0.1) is 5.52 Å². The number of hydrogen-bond acceptors (Lipinski definition) is 4. The van der Waals surface area contributed by atoms with E-state index >= 15 is 0 Å². The summed E-state index contributed by atoms with van der Waals surface area (Å²) >= 11 is 0. The highest BCUT2D eigenvalue weighted by Gasteiger charge is 2.21. The van der Waals surface area contributed by atoms with Gasteiger partial charge in [-0.1, -0.05) is 30.3 Å². The van der Waals surface area contributed by atoms with Gasteiger partial charge in [0.2, 0.25) is 0 Å². The molecular weight excluding hydrogens is 316 g/mol. The van der Waals surface area contributed by atoms with E-state index in [4.69, 9.17) is 0 Å². The summed E-state index contributed by atoms with van der Waals surface area (Å²) in [6.45, 7) is 0. The van der Waals surface area contributed by atoms with Crippen LogP contribution >= 0.6 is 0 Å². The van der Waals surface area contributed by atoms with Crippen LogP contribution in [0.2, 0.25) is 0 Å². The molecule has 0 saturated heterocycles. The first-order chi connectivity index (χ1) is 12.2. The van der Waals surface area contributed by atoms with E-state index in [1.807, 2.05) is 54.7 Å². The highest BCUT2D eigenvalue weighted by molar-refractivity contribution is 5.91. The van der Waals surface area contributed by atoms with Crippen molar-refractivity contribution in [2.75, 3.05) is 5.32 Å². The van der Waals surface area contributed by atoms with Crippen molar-refractivity contribution in [3.63, 3.8) is 0 Å². The van der Waals surface area contributed by atoms with Crippen LogP contribution in [-0.4, -0.2) is 32.1 Å². The molecule has 2 aromatic carbocycles. The van der Waals surface area contributed by atoms with E-state index in [1.54, 1.807) is 0 Å². The second-order valence-corrected chi connectivity index (χ2v) is 5.84. The maximum Gasteiger partial charge on any atom is 0.326 e. The summed E-state index contributed by atoms with van der Waals surface area (Å²) in [5.74, 6) is -0.397. The topological polar surface area (TPSA) is 90.9 Å². The van der Waals surface area contributed by atoms with Crippen molar-refractivity contribution in [2.24, 2.45) is 0 Å². The number of anilines is 1. The van der Waals surface area contributed by atoms with Gasteiger partial charge in [-0.2, -0.15) is 0 Å². The van der Waals surface area contributed by atoms with Crippen LogP contribution in [-0.2, 0) is 11.2 Å². The summed E-state index contributed by atoms with van der Waals surface area (Å²) in [6, 6.07) is 14.6. The minimum Gasteiger partial charge on any atom is -0.480 e. The fourth-order valence-corrected chi connectivity index (χ4v) is 3.01. The Morgan fingerprint density at radius 1 is 1.08 bits per heavy atom. The van der Waals surface area contributed by atoms with Crippen molar-refractivity contribution in [3.8, 4) is 0 Å². The lowest BCUT2D eigenvalue weighted by Gasteiger charge is -2.16. The molecule has 124 valence electrons. The zero-order valence-corrected chi connectivity index (χ0v) is 13.3. The Hall–Kier alpha value is -3.41. The zero-order valence-electron chi connectivity index (χ0n) is 13.3. The third-order valence-corrected chi connectivity index (χ3v) is 4.25. The number of nitrogens with zero attached hydrogens (tertiary/aromatic N) is 2. The zero-order chi connectivity index (χ0) is 17.2. The molecule has 0 aliphatic rings. The SMILES string of the molecule is O=C(O)[C@@H](Cc1c[nH]c2ccccc12)Nc1ncnc2ccccc12. The average Bonchev–Trinajstić information content (AvgIpc) is 3.04. The van der Waals surface area contributed by atoms with Crippen molar-refractivity contribution < 1.29 is 9.90 Å². The molecule has 1 atom stereocenters. The summed E-state index contributed by atoms with van der Waals surface area (Å²) in [5, 5.41) is 14.6. The number of aromatic amines is 1. The molecule has 6 heteroatoms. The van der Waals surface area contributed by atoms with Gasteiger partial charge in [0.15, 0.2) is 0 Å². The molecule has 3 N–H and O–H groups in total. The van der Waals surface area contributed by atoms with E-state index in [-0.39, 0.29) is 0 Å². The minimum absolute atomic E-state index is 0.345. The van der Waals surface area contributed by atoms with Crippen LogP contribution in [0.5, 0.6) is 0 Å². The van der Waals surface area contributed by atoms with Crippen molar-refractivity contribution in [1.29, 1.82) is 0 Å². The van der Waals surface area contributed by atoms with Crippen LogP contribution in [0.15, 0.2) is 61.1 Å². The first-order valence-corrected chi connectivity index (χ1v) is 7.96. The van der Waals surface area contributed by atoms with Crippen molar-refractivity contribution in [1.82, 2.24) is 15.0 Å². The normalized spacial score (nSPS) is 12.3. The standard InChI is InChI=1S/C19H16N4O2/c24-19(25)17(9-12-10-20-15-7-3-1-5-13(12)15)23-18-14-6-2-4-8-16(14)21-11-22-18/h1-8,10-11,17,20H,9H2,(H,24,25)(H,21,22,23)/t17-/m1/s1. The maximum atomic E-state index is 11.8. The molecule has 0 amide bonds. The Bertz CT molecular complexity index is 1050. The van der Waals surface area contributed by atoms with Gasteiger partial charge in [-0.15, -0.1) is 0 Å². The molecule has 0 bridgehead atoms. The number of carboxylic acid groups (broad SMARTS) is 1. The molecule has 0 saturated carbocycles. The highest BCUT2D eigenvalue weighted by Crippen LogP contribution is 2.22. The van der Waals surface area contributed by atoms with Crippen LogP contribution in [0.1, 0.15) is 5.56 Å². The van der Waals surface area contributed by atoms with Gasteiger partial charge in [0, 0.05) is 28.9 Å². The lowest BCUT2D eigenvalue weighted by Crippen LogP contribution is -2.32. The van der Waals surface area contributed by atoms with E-state index in [9.17, 15) is 9.90 Å². The van der Waals surface area contributed by atoms with Crippen LogP contribution in [0.4, 0.5) is 5.82 Å². The fourth-order valence-electron chi connectivity index (χ4n) is 3.01. The largest absolute Gasteiger partial charge is 0.480 e. The Morgan fingerprint density at radius 3 is 2.68 bits per heavy atom. The number of rotatable bonds is 5. The van der Waals surface area contributed by atoms with Crippen molar-refractivity contribution in [3.05, 3.63) is 66.6 Å². The fraction of sp³-hybridized carbons (Fsp3) is 0.105. The predicted molar refractivity (Wildman–Crippen MR) is 96.6 cm³/mol. The number of nitrogens with one attached hydrogen (secondary N) is 2. The summed E-state index contributed by atoms with van der Waals surface area (Å²) in [6.07, 6.45) is 3.65. The maximum absolute atomic E-state index is 11.8. The molecule has 0 aliphatic heterocycles. The van der Waals surface area contributed by atoms with Crippen LogP contribution < -0.4 is 5.32 Å². The van der Waals surface area contributed by atoms with Crippen molar-refractivity contribution >= 4 is 33.6 Å². The number of carboxylic acids is 1. The van der Waals surface area contributed by atoms with Crippen LogP contribution in [0.3, 0.4) is 0 Å². The molecule has 4 rings (SSSR count). The quantitative estimate of drug-likeness (QED) is 0.522. The lowest BCUT2D eigenvalue weighted by molar-refractivity contribution is -0.137. The Morgan fingerprint density at radius 2 is 1.84 bits per heavy atom. The van der Waals surface area contributed by atoms with E-state index in [2.05, 4.69) is 20.3 Å². The molecule has 0 aliphatic carbocycles. The second kappa shape index (κ2) is 6.24. The van der Waals surface area contributed by atoms with E-state index in [0.717, 1.165) is 27.4 Å². The molecule has 6 nitrogen and oxygen atoms in total. The number of H-pyrrole nitrogens is 1. The number of para-hydroxylation sites is 2. The van der Waals surface area contributed by atoms with E-state index < -0.39 is 12.0 Å². The Labute approximate surface area is 143 Å². The van der Waals surface area contributed by atoms with Crippen LogP contribution in [0.25, 0.3) is 21.8 Å². The van der Waals surface area contributed by atoms with Gasteiger partial charge in [0.25, 0.3) is 0 Å². The molecule has 2 aromatic heterocycles. The molecule has 0 radical (unpaired) electrons. The molecule has 0 fully saturated rings. The summed E-state index contributed by atoms with van der Waals surface area (Å²) in [5.41, 5.74) is 2.72. The lowest BCUT2D eigenvalue weighted by atomic mass is 10.0. The summed E-state index contributed by atoms with van der Waals surface area (Å²) in [7, 11) is 0. The molecule has 4 aromatic rings. The van der Waals surface area contributed by atoms with Gasteiger partial charge in [-0.25, -0.2) is 14.8 Å². The Kier molecular flexibility index (Phi) is 3.78. The molecule has 2 heterocycles. The monoisotopic (exact) mass is 332 g/mol. The van der Waals surface area contributed by atoms with Gasteiger partial charge in [0.1, 0.15) is 18.2 Å². The number of hydrogen-bond donors (Lipinski definition) is 3. The number of fused-ring (bicyclic) bond motifs is 2. The van der Waals surface area contributed by atoms with Gasteiger partial charge in [-0.05, 0) is 23.8 Å². The summed E-state index contributed by atoms with van der Waals surface area (Å²) in [4.78, 5) is 23.4. The molecular formula is C19H16N4O2.